The molecule has 1 aromatic rings. The highest BCUT2D eigenvalue weighted by Gasteiger charge is 2.23. The van der Waals surface area contributed by atoms with Crippen molar-refractivity contribution in [1.82, 2.24) is 10.1 Å². The molecule has 0 fully saturated rings. The van der Waals surface area contributed by atoms with Crippen LogP contribution in [0, 0.1) is 0 Å². The maximum absolute atomic E-state index is 11.9. The van der Waals surface area contributed by atoms with Crippen molar-refractivity contribution in [2.75, 3.05) is 13.7 Å². The number of carbonyl (C=O) groups is 2. The molecular weight excluding hydrogens is 212 g/mol. The monoisotopic (exact) mass is 226 g/mol. The number of hydrogen-bond donors (Lipinski definition) is 0. The molecule has 0 bridgehead atoms. The quantitative estimate of drug-likeness (QED) is 0.706. The summed E-state index contributed by atoms with van der Waals surface area (Å²) in [6.07, 6.45) is 1.31. The lowest BCUT2D eigenvalue weighted by atomic mass is 10.2. The van der Waals surface area contributed by atoms with Gasteiger partial charge in [-0.05, 0) is 13.8 Å². The van der Waals surface area contributed by atoms with E-state index in [1.807, 2.05) is 0 Å². The Balaban J connectivity index is 2.78. The van der Waals surface area contributed by atoms with Gasteiger partial charge in [-0.1, -0.05) is 5.16 Å². The van der Waals surface area contributed by atoms with Crippen molar-refractivity contribution in [1.29, 1.82) is 0 Å². The highest BCUT2D eigenvalue weighted by atomic mass is 16.5. The lowest BCUT2D eigenvalue weighted by Gasteiger charge is -2.24. The number of ether oxygens (including phenoxy) is 1. The zero-order valence-corrected chi connectivity index (χ0v) is 9.47. The van der Waals surface area contributed by atoms with Gasteiger partial charge >= 0.3 is 5.97 Å². The summed E-state index contributed by atoms with van der Waals surface area (Å²) in [7, 11) is 1.28. The topological polar surface area (TPSA) is 72.6 Å². The maximum atomic E-state index is 11.9. The number of amides is 1. The molecule has 0 aromatic carbocycles. The van der Waals surface area contributed by atoms with Gasteiger partial charge in [0.05, 0.1) is 7.11 Å². The van der Waals surface area contributed by atoms with E-state index in [1.54, 1.807) is 13.8 Å². The molecule has 1 heterocycles. The van der Waals surface area contributed by atoms with Gasteiger partial charge in [0.15, 0.2) is 5.69 Å². The fraction of sp³-hybridized carbons (Fsp3) is 0.500. The van der Waals surface area contributed by atoms with E-state index in [2.05, 4.69) is 14.4 Å². The van der Waals surface area contributed by atoms with Gasteiger partial charge in [-0.25, -0.2) is 0 Å². The van der Waals surface area contributed by atoms with E-state index in [1.165, 1.54) is 24.3 Å². The van der Waals surface area contributed by atoms with Gasteiger partial charge in [-0.3, -0.25) is 9.59 Å². The lowest BCUT2D eigenvalue weighted by molar-refractivity contribution is -0.141. The predicted octanol–water partition coefficient (Wildman–Crippen LogP) is 0.698. The SMILES string of the molecule is COC(=O)CN(C(=O)c1ccon1)C(C)C. The van der Waals surface area contributed by atoms with Crippen LogP contribution in [-0.2, 0) is 9.53 Å². The largest absolute Gasteiger partial charge is 0.468 e. The highest BCUT2D eigenvalue weighted by Crippen LogP contribution is 2.06. The Morgan fingerprint density at radius 3 is 2.69 bits per heavy atom. The summed E-state index contributed by atoms with van der Waals surface area (Å²) in [6, 6.07) is 1.33. The minimum absolute atomic E-state index is 0.0974. The fourth-order valence-corrected chi connectivity index (χ4v) is 1.16. The number of aromatic nitrogens is 1. The van der Waals surface area contributed by atoms with Crippen LogP contribution >= 0.6 is 0 Å². The average molecular weight is 226 g/mol. The molecule has 1 aromatic heterocycles. The molecule has 0 aliphatic carbocycles. The summed E-state index contributed by atoms with van der Waals surface area (Å²) in [4.78, 5) is 24.4. The van der Waals surface area contributed by atoms with E-state index >= 15 is 0 Å². The number of carbonyl (C=O) groups excluding carboxylic acids is 2. The first-order chi connectivity index (χ1) is 7.56. The first-order valence-corrected chi connectivity index (χ1v) is 4.84. The Labute approximate surface area is 93.1 Å². The van der Waals surface area contributed by atoms with E-state index < -0.39 is 5.97 Å². The van der Waals surface area contributed by atoms with Crippen LogP contribution in [0.4, 0.5) is 0 Å². The van der Waals surface area contributed by atoms with E-state index in [0.717, 1.165) is 0 Å². The Bertz CT molecular complexity index is 359. The number of hydrogen-bond acceptors (Lipinski definition) is 5. The first kappa shape index (κ1) is 12.2. The smallest absolute Gasteiger partial charge is 0.325 e. The van der Waals surface area contributed by atoms with Gasteiger partial charge < -0.3 is 14.2 Å². The zero-order valence-electron chi connectivity index (χ0n) is 9.47. The molecule has 0 aliphatic rings. The third-order valence-corrected chi connectivity index (χ3v) is 2.07. The Morgan fingerprint density at radius 2 is 2.25 bits per heavy atom. The second-order valence-electron chi connectivity index (χ2n) is 3.49. The van der Waals surface area contributed by atoms with Crippen molar-refractivity contribution in [2.45, 2.75) is 19.9 Å². The number of esters is 1. The van der Waals surface area contributed by atoms with E-state index in [-0.39, 0.29) is 24.2 Å². The molecule has 0 saturated carbocycles. The van der Waals surface area contributed by atoms with Gasteiger partial charge in [0, 0.05) is 12.1 Å². The van der Waals surface area contributed by atoms with E-state index in [9.17, 15) is 9.59 Å². The summed E-state index contributed by atoms with van der Waals surface area (Å²) in [5, 5.41) is 3.53. The summed E-state index contributed by atoms with van der Waals surface area (Å²) in [5.74, 6) is -0.820. The molecule has 6 nitrogen and oxygen atoms in total. The molecule has 16 heavy (non-hydrogen) atoms. The zero-order chi connectivity index (χ0) is 12.1. The molecule has 1 amide bonds. The summed E-state index contributed by atoms with van der Waals surface area (Å²) < 4.78 is 9.10. The van der Waals surface area contributed by atoms with Crippen molar-refractivity contribution >= 4 is 11.9 Å². The van der Waals surface area contributed by atoms with Crippen molar-refractivity contribution in [2.24, 2.45) is 0 Å². The van der Waals surface area contributed by atoms with Crippen molar-refractivity contribution in [3.05, 3.63) is 18.0 Å². The maximum Gasteiger partial charge on any atom is 0.325 e. The molecular formula is C10H14N2O4. The van der Waals surface area contributed by atoms with Crippen LogP contribution in [0.1, 0.15) is 24.3 Å². The standard InChI is InChI=1S/C10H14N2O4/c1-7(2)12(6-9(13)15-3)10(14)8-4-5-16-11-8/h4-5,7H,6H2,1-3H3. The van der Waals surface area contributed by atoms with Crippen LogP contribution in [0.15, 0.2) is 16.9 Å². The average Bonchev–Trinajstić information content (AvgIpc) is 2.77. The number of rotatable bonds is 4. The third kappa shape index (κ3) is 2.82. The Hall–Kier alpha value is -1.85. The summed E-state index contributed by atoms with van der Waals surface area (Å²) in [6.45, 7) is 3.52. The van der Waals surface area contributed by atoms with Crippen LogP contribution in [0.25, 0.3) is 0 Å². The van der Waals surface area contributed by atoms with Crippen molar-refractivity contribution < 1.29 is 18.8 Å². The minimum atomic E-state index is -0.467. The fourth-order valence-electron chi connectivity index (χ4n) is 1.16. The van der Waals surface area contributed by atoms with Crippen LogP contribution < -0.4 is 0 Å². The second-order valence-corrected chi connectivity index (χ2v) is 3.49. The Kier molecular flexibility index (Phi) is 4.04. The summed E-state index contributed by atoms with van der Waals surface area (Å²) >= 11 is 0. The minimum Gasteiger partial charge on any atom is -0.468 e. The van der Waals surface area contributed by atoms with Gasteiger partial charge in [-0.2, -0.15) is 0 Å². The molecule has 1 rings (SSSR count). The first-order valence-electron chi connectivity index (χ1n) is 4.84. The van der Waals surface area contributed by atoms with E-state index in [0.29, 0.717) is 0 Å². The second kappa shape index (κ2) is 5.29. The molecule has 0 atom stereocenters. The molecule has 6 heteroatoms. The Morgan fingerprint density at radius 1 is 1.56 bits per heavy atom. The van der Waals surface area contributed by atoms with E-state index in [4.69, 9.17) is 0 Å². The van der Waals surface area contributed by atoms with Crippen LogP contribution in [0.2, 0.25) is 0 Å². The third-order valence-electron chi connectivity index (χ3n) is 2.07. The van der Waals surface area contributed by atoms with Crippen LogP contribution in [0.5, 0.6) is 0 Å². The molecule has 0 spiro atoms. The normalized spacial score (nSPS) is 10.2. The molecule has 0 saturated heterocycles. The molecule has 88 valence electrons. The molecule has 0 aliphatic heterocycles. The number of nitrogens with zero attached hydrogens (tertiary/aromatic N) is 2. The summed E-state index contributed by atoms with van der Waals surface area (Å²) in [5.41, 5.74) is 0.178. The molecule has 0 radical (unpaired) electrons. The van der Waals surface area contributed by atoms with Gasteiger partial charge in [0.2, 0.25) is 0 Å². The van der Waals surface area contributed by atoms with Gasteiger partial charge in [-0.15, -0.1) is 0 Å². The lowest BCUT2D eigenvalue weighted by Crippen LogP contribution is -2.41. The van der Waals surface area contributed by atoms with Gasteiger partial charge in [0.25, 0.3) is 5.91 Å². The molecule has 0 unspecified atom stereocenters. The van der Waals surface area contributed by atoms with Crippen LogP contribution in [-0.4, -0.2) is 41.6 Å². The van der Waals surface area contributed by atoms with Gasteiger partial charge in [0.1, 0.15) is 12.8 Å². The highest BCUT2D eigenvalue weighted by molar-refractivity contribution is 5.94. The van der Waals surface area contributed by atoms with Crippen molar-refractivity contribution in [3.8, 4) is 0 Å². The van der Waals surface area contributed by atoms with Crippen LogP contribution in [0.3, 0.4) is 0 Å². The molecule has 0 N–H and O–H groups in total. The number of methoxy groups -OCH3 is 1. The predicted molar refractivity (Wildman–Crippen MR) is 54.7 cm³/mol. The van der Waals surface area contributed by atoms with Crippen molar-refractivity contribution in [3.63, 3.8) is 0 Å².